The molecule has 1 aromatic heterocycles. The van der Waals surface area contributed by atoms with Crippen molar-refractivity contribution in [1.29, 1.82) is 0 Å². The van der Waals surface area contributed by atoms with Crippen LogP contribution in [0.2, 0.25) is 5.02 Å². The maximum absolute atomic E-state index is 12.1. The molecule has 21 heavy (non-hydrogen) atoms. The van der Waals surface area contributed by atoms with Gasteiger partial charge in [-0.15, -0.1) is 0 Å². The Bertz CT molecular complexity index is 693. The molecular formula is C14H10ClN3OS2. The van der Waals surface area contributed by atoms with E-state index < -0.39 is 0 Å². The second-order valence-electron chi connectivity index (χ2n) is 4.39. The Morgan fingerprint density at radius 2 is 2.00 bits per heavy atom. The predicted octanol–water partition coefficient (Wildman–Crippen LogP) is 3.33. The van der Waals surface area contributed by atoms with Crippen molar-refractivity contribution >= 4 is 51.6 Å². The molecule has 0 aliphatic carbocycles. The highest BCUT2D eigenvalue weighted by atomic mass is 35.5. The van der Waals surface area contributed by atoms with E-state index in [2.05, 4.69) is 4.98 Å². The summed E-state index contributed by atoms with van der Waals surface area (Å²) in [5, 5.41) is 0.594. The minimum absolute atomic E-state index is 0.0626. The summed E-state index contributed by atoms with van der Waals surface area (Å²) in [5.74, 6) is 0.696. The molecule has 0 saturated carbocycles. The third-order valence-electron chi connectivity index (χ3n) is 3.03. The van der Waals surface area contributed by atoms with Gasteiger partial charge in [-0.3, -0.25) is 9.69 Å². The van der Waals surface area contributed by atoms with Crippen molar-refractivity contribution in [3.05, 3.63) is 58.4 Å². The summed E-state index contributed by atoms with van der Waals surface area (Å²) in [7, 11) is 1.69. The summed E-state index contributed by atoms with van der Waals surface area (Å²) < 4.78 is 0.575. The maximum Gasteiger partial charge on any atom is 0.266 e. The van der Waals surface area contributed by atoms with Gasteiger partial charge in [0.25, 0.3) is 5.91 Å². The Kier molecular flexibility index (Phi) is 3.84. The Balaban J connectivity index is 1.85. The highest BCUT2D eigenvalue weighted by molar-refractivity contribution is 8.26. The number of pyridine rings is 1. The molecule has 2 aliphatic heterocycles. The van der Waals surface area contributed by atoms with Crippen molar-refractivity contribution in [2.24, 2.45) is 0 Å². The van der Waals surface area contributed by atoms with Gasteiger partial charge in [-0.2, -0.15) is 0 Å². The molecule has 4 nitrogen and oxygen atoms in total. The van der Waals surface area contributed by atoms with Crippen molar-refractivity contribution in [2.75, 3.05) is 11.9 Å². The molecule has 3 rings (SSSR count). The van der Waals surface area contributed by atoms with Gasteiger partial charge in [0.15, 0.2) is 0 Å². The number of hydrogen-bond acceptors (Lipinski definition) is 5. The topological polar surface area (TPSA) is 36.4 Å². The zero-order valence-electron chi connectivity index (χ0n) is 11.0. The lowest BCUT2D eigenvalue weighted by Crippen LogP contribution is -2.22. The Hall–Kier alpha value is -1.63. The van der Waals surface area contributed by atoms with Crippen LogP contribution in [0.25, 0.3) is 0 Å². The van der Waals surface area contributed by atoms with E-state index in [-0.39, 0.29) is 5.91 Å². The van der Waals surface area contributed by atoms with Gasteiger partial charge in [0.05, 0.1) is 9.93 Å². The molecule has 1 aromatic rings. The van der Waals surface area contributed by atoms with E-state index in [0.717, 1.165) is 11.4 Å². The van der Waals surface area contributed by atoms with Crippen LogP contribution in [-0.4, -0.2) is 27.2 Å². The average Bonchev–Trinajstić information content (AvgIpc) is 2.76. The third kappa shape index (κ3) is 2.74. The zero-order chi connectivity index (χ0) is 15.0. The van der Waals surface area contributed by atoms with E-state index in [1.54, 1.807) is 19.3 Å². The SMILES string of the molecule is CN1C(=O)C(=C2C=CN(c3ccc(Cl)cn3)C=C2)SC1=S. The van der Waals surface area contributed by atoms with Crippen LogP contribution >= 0.6 is 35.6 Å². The third-order valence-corrected chi connectivity index (χ3v) is 4.84. The number of anilines is 1. The van der Waals surface area contributed by atoms with Crippen molar-refractivity contribution in [3.63, 3.8) is 0 Å². The zero-order valence-corrected chi connectivity index (χ0v) is 13.4. The van der Waals surface area contributed by atoms with Crippen molar-refractivity contribution < 1.29 is 4.79 Å². The number of carbonyl (C=O) groups is 1. The molecule has 0 bridgehead atoms. The number of aromatic nitrogens is 1. The standard InChI is InChI=1S/C14H10ClN3OS2/c1-17-13(19)12(21-14(17)20)9-4-6-18(7-5-9)11-3-2-10(15)8-16-11/h2-8H,1H3. The summed E-state index contributed by atoms with van der Waals surface area (Å²) in [6.07, 6.45) is 9.05. The van der Waals surface area contributed by atoms with Crippen LogP contribution in [0.1, 0.15) is 0 Å². The van der Waals surface area contributed by atoms with Gasteiger partial charge in [-0.25, -0.2) is 4.98 Å². The van der Waals surface area contributed by atoms with E-state index in [4.69, 9.17) is 23.8 Å². The van der Waals surface area contributed by atoms with Gasteiger partial charge in [0, 0.05) is 25.6 Å². The molecule has 0 aromatic carbocycles. The lowest BCUT2D eigenvalue weighted by atomic mass is 10.2. The van der Waals surface area contributed by atoms with Gasteiger partial charge in [0.2, 0.25) is 0 Å². The summed E-state index contributed by atoms with van der Waals surface area (Å²) in [5.41, 5.74) is 0.849. The molecule has 1 amide bonds. The second-order valence-corrected chi connectivity index (χ2v) is 6.47. The molecule has 0 N–H and O–H groups in total. The largest absolute Gasteiger partial charge is 0.309 e. The minimum Gasteiger partial charge on any atom is -0.309 e. The van der Waals surface area contributed by atoms with E-state index in [1.165, 1.54) is 16.7 Å². The molecule has 0 unspecified atom stereocenters. The molecule has 1 fully saturated rings. The molecule has 0 radical (unpaired) electrons. The average molecular weight is 336 g/mol. The quantitative estimate of drug-likeness (QED) is 0.581. The molecule has 2 aliphatic rings. The molecule has 7 heteroatoms. The lowest BCUT2D eigenvalue weighted by Gasteiger charge is -2.18. The fourth-order valence-electron chi connectivity index (χ4n) is 1.87. The molecule has 106 valence electrons. The van der Waals surface area contributed by atoms with Crippen molar-refractivity contribution in [1.82, 2.24) is 9.88 Å². The molecule has 1 saturated heterocycles. The number of likely N-dealkylation sites (N-methyl/N-ethyl adjacent to an activating group) is 1. The van der Waals surface area contributed by atoms with Crippen LogP contribution < -0.4 is 4.90 Å². The number of halogens is 1. The van der Waals surface area contributed by atoms with Crippen LogP contribution in [0.5, 0.6) is 0 Å². The fourth-order valence-corrected chi connectivity index (χ4v) is 3.19. The Morgan fingerprint density at radius 1 is 1.29 bits per heavy atom. The van der Waals surface area contributed by atoms with E-state index in [1.807, 2.05) is 35.5 Å². The number of allylic oxidation sites excluding steroid dienone is 3. The monoisotopic (exact) mass is 335 g/mol. The van der Waals surface area contributed by atoms with Gasteiger partial charge in [0.1, 0.15) is 10.1 Å². The first-order valence-electron chi connectivity index (χ1n) is 6.07. The number of carbonyl (C=O) groups excluding carboxylic acids is 1. The van der Waals surface area contributed by atoms with Gasteiger partial charge in [-0.05, 0) is 29.9 Å². The van der Waals surface area contributed by atoms with Crippen molar-refractivity contribution in [3.8, 4) is 0 Å². The first-order valence-corrected chi connectivity index (χ1v) is 7.67. The van der Waals surface area contributed by atoms with E-state index in [0.29, 0.717) is 14.2 Å². The van der Waals surface area contributed by atoms with Crippen LogP contribution in [0, 0.1) is 0 Å². The number of hydrogen-bond donors (Lipinski definition) is 0. The highest BCUT2D eigenvalue weighted by Gasteiger charge is 2.30. The molecule has 0 spiro atoms. The smallest absolute Gasteiger partial charge is 0.266 e. The van der Waals surface area contributed by atoms with Gasteiger partial charge < -0.3 is 4.90 Å². The number of thiocarbonyl (C=S) groups is 1. The van der Waals surface area contributed by atoms with Crippen molar-refractivity contribution in [2.45, 2.75) is 0 Å². The van der Waals surface area contributed by atoms with Gasteiger partial charge >= 0.3 is 0 Å². The number of amides is 1. The normalized spacial score (nSPS) is 18.2. The Morgan fingerprint density at radius 3 is 2.52 bits per heavy atom. The number of nitrogens with zero attached hydrogens (tertiary/aromatic N) is 3. The first-order chi connectivity index (χ1) is 10.1. The van der Waals surface area contributed by atoms with Crippen LogP contribution in [0.3, 0.4) is 0 Å². The van der Waals surface area contributed by atoms with Crippen LogP contribution in [0.15, 0.2) is 53.4 Å². The number of thioether (sulfide) groups is 1. The fraction of sp³-hybridized carbons (Fsp3) is 0.0714. The summed E-state index contributed by atoms with van der Waals surface area (Å²) in [6.45, 7) is 0. The lowest BCUT2D eigenvalue weighted by molar-refractivity contribution is -0.121. The number of rotatable bonds is 1. The van der Waals surface area contributed by atoms with E-state index in [9.17, 15) is 4.79 Å². The van der Waals surface area contributed by atoms with Gasteiger partial charge in [-0.1, -0.05) is 35.6 Å². The molecule has 0 atom stereocenters. The highest BCUT2D eigenvalue weighted by Crippen LogP contribution is 2.34. The first kappa shape index (κ1) is 14.3. The molecular weight excluding hydrogens is 326 g/mol. The maximum atomic E-state index is 12.1. The van der Waals surface area contributed by atoms with E-state index >= 15 is 0 Å². The molecule has 3 heterocycles. The van der Waals surface area contributed by atoms with Crippen LogP contribution in [-0.2, 0) is 4.79 Å². The van der Waals surface area contributed by atoms with Crippen LogP contribution in [0.4, 0.5) is 5.82 Å². The minimum atomic E-state index is -0.0626. The summed E-state index contributed by atoms with van der Waals surface area (Å²) >= 11 is 12.3. The predicted molar refractivity (Wildman–Crippen MR) is 90.0 cm³/mol. The summed E-state index contributed by atoms with van der Waals surface area (Å²) in [6, 6.07) is 3.61. The summed E-state index contributed by atoms with van der Waals surface area (Å²) in [4.78, 5) is 20.3. The Labute approximate surface area is 136 Å². The second kappa shape index (κ2) is 5.63.